The fourth-order valence-corrected chi connectivity index (χ4v) is 10.7. The molecule has 2 N–H and O–H groups in total. The van der Waals surface area contributed by atoms with E-state index in [1.54, 1.807) is 24.3 Å². The predicted molar refractivity (Wildman–Crippen MR) is 143 cm³/mol. The van der Waals surface area contributed by atoms with E-state index in [2.05, 4.69) is 0 Å². The summed E-state index contributed by atoms with van der Waals surface area (Å²) in [5.41, 5.74) is -3.03. The van der Waals surface area contributed by atoms with Crippen LogP contribution in [0.5, 0.6) is 0 Å². The van der Waals surface area contributed by atoms with E-state index in [9.17, 15) is 35.5 Å². The lowest BCUT2D eigenvalue weighted by atomic mass is 9.68. The molecular formula is C28H34O8S2. The molecule has 0 saturated heterocycles. The minimum atomic E-state index is -4.70. The van der Waals surface area contributed by atoms with Crippen molar-refractivity contribution in [3.8, 4) is 0 Å². The molecule has 1 aromatic rings. The summed E-state index contributed by atoms with van der Waals surface area (Å²) in [6, 6.07) is 6.24. The number of ketones is 2. The van der Waals surface area contributed by atoms with Gasteiger partial charge in [-0.1, -0.05) is 52.0 Å². The molecule has 0 heterocycles. The SMILES string of the molecule is CC1(C)C2CC[C@@]1(C(=Cc1ccc(C=C([C@]34CCC(CC3=O)C4(C)C)S(=O)(=O)O)cc1)S(=O)(=O)O)C(=O)C2. The average Bonchev–Trinajstić information content (AvgIpc) is 3.34. The third-order valence-corrected chi connectivity index (χ3v) is 12.8. The zero-order valence-corrected chi connectivity index (χ0v) is 23.7. The average molecular weight is 563 g/mol. The summed E-state index contributed by atoms with van der Waals surface area (Å²) in [6.07, 6.45) is 5.30. The second-order valence-electron chi connectivity index (χ2n) is 12.6. The van der Waals surface area contributed by atoms with Crippen LogP contribution in [0.4, 0.5) is 0 Å². The van der Waals surface area contributed by atoms with E-state index >= 15 is 0 Å². The molecule has 4 bridgehead atoms. The predicted octanol–water partition coefficient (Wildman–Crippen LogP) is 4.93. The number of hydrogen-bond acceptors (Lipinski definition) is 6. The molecule has 0 radical (unpaired) electrons. The van der Waals surface area contributed by atoms with Gasteiger partial charge in [0.25, 0.3) is 20.2 Å². The maximum Gasteiger partial charge on any atom is 0.291 e. The van der Waals surface area contributed by atoms with Crippen molar-refractivity contribution in [2.45, 2.75) is 66.2 Å². The van der Waals surface area contributed by atoms with Crippen molar-refractivity contribution in [3.63, 3.8) is 0 Å². The Labute approximate surface area is 224 Å². The Kier molecular flexibility index (Phi) is 5.91. The first-order chi connectivity index (χ1) is 17.4. The first-order valence-electron chi connectivity index (χ1n) is 12.9. The number of benzene rings is 1. The zero-order valence-electron chi connectivity index (χ0n) is 22.0. The van der Waals surface area contributed by atoms with Gasteiger partial charge in [0, 0.05) is 12.8 Å². The van der Waals surface area contributed by atoms with Crippen LogP contribution in [-0.2, 0) is 29.8 Å². The van der Waals surface area contributed by atoms with Crippen LogP contribution in [0.15, 0.2) is 34.1 Å². The van der Waals surface area contributed by atoms with Gasteiger partial charge in [-0.05, 0) is 71.6 Å². The Bertz CT molecular complexity index is 1400. The van der Waals surface area contributed by atoms with Crippen LogP contribution < -0.4 is 0 Å². The molecule has 0 amide bonds. The first kappa shape index (κ1) is 27.4. The van der Waals surface area contributed by atoms with E-state index in [1.165, 1.54) is 12.2 Å². The summed E-state index contributed by atoms with van der Waals surface area (Å²) < 4.78 is 70.7. The molecule has 1 aromatic carbocycles. The second kappa shape index (κ2) is 8.19. The molecule has 5 rings (SSSR count). The first-order valence-corrected chi connectivity index (χ1v) is 15.8. The molecule has 206 valence electrons. The van der Waals surface area contributed by atoms with Gasteiger partial charge in [-0.15, -0.1) is 0 Å². The van der Waals surface area contributed by atoms with Gasteiger partial charge >= 0.3 is 0 Å². The molecular weight excluding hydrogens is 528 g/mol. The van der Waals surface area contributed by atoms with Gasteiger partial charge in [-0.3, -0.25) is 18.7 Å². The molecule has 0 spiro atoms. The summed E-state index contributed by atoms with van der Waals surface area (Å²) in [4.78, 5) is 25.5. The number of carbonyl (C=O) groups excluding carboxylic acids is 2. The smallest absolute Gasteiger partial charge is 0.291 e. The summed E-state index contributed by atoms with van der Waals surface area (Å²) in [5.74, 6) is -0.275. The molecule has 38 heavy (non-hydrogen) atoms. The van der Waals surface area contributed by atoms with Crippen molar-refractivity contribution in [3.05, 3.63) is 45.2 Å². The Morgan fingerprint density at radius 1 is 0.711 bits per heavy atom. The molecule has 8 nitrogen and oxygen atoms in total. The summed E-state index contributed by atoms with van der Waals surface area (Å²) >= 11 is 0. The van der Waals surface area contributed by atoms with Crippen LogP contribution in [0.25, 0.3) is 12.2 Å². The van der Waals surface area contributed by atoms with Crippen LogP contribution in [0.2, 0.25) is 0 Å². The highest BCUT2D eigenvalue weighted by molar-refractivity contribution is 7.90. The fourth-order valence-electron chi connectivity index (χ4n) is 8.34. The quantitative estimate of drug-likeness (QED) is 0.465. The van der Waals surface area contributed by atoms with Crippen LogP contribution in [0, 0.1) is 33.5 Å². The standard InChI is InChI=1S/C28H34O8S2/c1-25(2)19-9-11-27(25,21(29)15-19)23(37(31,32)33)13-17-5-7-18(8-6-17)14-24(38(34,35)36)28-12-10-20(16-22(28)30)26(28,3)4/h5-8,13-14,19-20H,9-12,15-16H2,1-4H3,(H,31,32,33)(H,34,35,36)/t19?,20?,27-,28-/m0/s1. The summed E-state index contributed by atoms with van der Waals surface area (Å²) in [6.45, 7) is 7.49. The second-order valence-corrected chi connectivity index (χ2v) is 15.4. The van der Waals surface area contributed by atoms with Crippen molar-refractivity contribution < 1.29 is 35.5 Å². The highest BCUT2D eigenvalue weighted by atomic mass is 32.2. The van der Waals surface area contributed by atoms with Gasteiger partial charge in [0.1, 0.15) is 11.6 Å². The van der Waals surface area contributed by atoms with E-state index in [-0.39, 0.29) is 46.1 Å². The number of carbonyl (C=O) groups is 2. The molecule has 10 heteroatoms. The molecule has 2 unspecified atom stereocenters. The number of rotatable bonds is 6. The molecule has 4 saturated carbocycles. The van der Waals surface area contributed by atoms with E-state index in [0.717, 1.165) is 0 Å². The molecule has 4 aliphatic rings. The molecule has 4 atom stereocenters. The Hall–Kier alpha value is -2.14. The van der Waals surface area contributed by atoms with Crippen molar-refractivity contribution in [2.24, 2.45) is 33.5 Å². The zero-order chi connectivity index (χ0) is 28.1. The highest BCUT2D eigenvalue weighted by Crippen LogP contribution is 2.69. The van der Waals surface area contributed by atoms with E-state index in [1.807, 2.05) is 27.7 Å². The van der Waals surface area contributed by atoms with Gasteiger partial charge in [-0.25, -0.2) is 0 Å². The van der Waals surface area contributed by atoms with E-state index in [4.69, 9.17) is 0 Å². The molecule has 4 aliphatic carbocycles. The monoisotopic (exact) mass is 562 g/mol. The van der Waals surface area contributed by atoms with E-state index in [0.29, 0.717) is 36.8 Å². The normalized spacial score (nSPS) is 34.4. The van der Waals surface area contributed by atoms with Crippen LogP contribution in [0.3, 0.4) is 0 Å². The Morgan fingerprint density at radius 2 is 1.03 bits per heavy atom. The number of hydrogen-bond donors (Lipinski definition) is 2. The molecule has 4 fully saturated rings. The van der Waals surface area contributed by atoms with Crippen molar-refractivity contribution in [1.29, 1.82) is 0 Å². The molecule has 0 aromatic heterocycles. The van der Waals surface area contributed by atoms with E-state index < -0.39 is 41.9 Å². The largest absolute Gasteiger partial charge is 0.299 e. The summed E-state index contributed by atoms with van der Waals surface area (Å²) in [7, 11) is -9.40. The maximum atomic E-state index is 13.1. The number of Topliss-reactive ketones (excluding diaryl/α,β-unsaturated/α-hetero) is 2. The molecule has 0 aliphatic heterocycles. The Balaban J connectivity index is 1.58. The minimum Gasteiger partial charge on any atom is -0.299 e. The van der Waals surface area contributed by atoms with Gasteiger partial charge in [-0.2, -0.15) is 16.8 Å². The minimum absolute atomic E-state index is 0.0450. The van der Waals surface area contributed by atoms with Gasteiger partial charge in [0.15, 0.2) is 0 Å². The lowest BCUT2D eigenvalue weighted by Crippen LogP contribution is -2.40. The Morgan fingerprint density at radius 3 is 1.24 bits per heavy atom. The number of fused-ring (bicyclic) bond motifs is 4. The highest BCUT2D eigenvalue weighted by Gasteiger charge is 2.68. The van der Waals surface area contributed by atoms with Gasteiger partial charge in [0.2, 0.25) is 0 Å². The summed E-state index contributed by atoms with van der Waals surface area (Å²) in [5, 5.41) is 0. The van der Waals surface area contributed by atoms with Crippen molar-refractivity contribution in [1.82, 2.24) is 0 Å². The lowest BCUT2D eigenvalue weighted by molar-refractivity contribution is -0.127. The lowest BCUT2D eigenvalue weighted by Gasteiger charge is -2.37. The fraction of sp³-hybridized carbons (Fsp3) is 0.571. The van der Waals surface area contributed by atoms with Crippen LogP contribution in [-0.4, -0.2) is 37.5 Å². The third kappa shape index (κ3) is 3.52. The van der Waals surface area contributed by atoms with Crippen molar-refractivity contribution >= 4 is 44.0 Å². The topological polar surface area (TPSA) is 143 Å². The third-order valence-electron chi connectivity index (χ3n) is 10.7. The van der Waals surface area contributed by atoms with Crippen LogP contribution in [0.1, 0.15) is 77.3 Å². The number of allylic oxidation sites excluding steroid dienone is 2. The maximum absolute atomic E-state index is 13.1. The van der Waals surface area contributed by atoms with Gasteiger partial charge in [0.05, 0.1) is 20.6 Å². The van der Waals surface area contributed by atoms with Crippen LogP contribution >= 0.6 is 0 Å². The van der Waals surface area contributed by atoms with Gasteiger partial charge < -0.3 is 0 Å². The van der Waals surface area contributed by atoms with Crippen molar-refractivity contribution in [2.75, 3.05) is 0 Å².